The Bertz CT molecular complexity index is 970. The Morgan fingerprint density at radius 1 is 0.680 bits per heavy atom. The molecule has 2 aromatic heterocycles. The van der Waals surface area contributed by atoms with Crippen molar-refractivity contribution in [2.24, 2.45) is 0 Å². The minimum atomic E-state index is 0.464. The summed E-state index contributed by atoms with van der Waals surface area (Å²) in [6.07, 6.45) is 0. The first-order valence-corrected chi connectivity index (χ1v) is 7.64. The minimum Gasteiger partial charge on any atom is -0.378 e. The van der Waals surface area contributed by atoms with Crippen LogP contribution in [-0.2, 0) is 0 Å². The van der Waals surface area contributed by atoms with Crippen molar-refractivity contribution in [2.75, 3.05) is 19.0 Å². The molecular formula is C16H15N9. The molecule has 0 amide bonds. The lowest BCUT2D eigenvalue weighted by atomic mass is 10.2. The van der Waals surface area contributed by atoms with Gasteiger partial charge in [0.1, 0.15) is 0 Å². The van der Waals surface area contributed by atoms with Crippen LogP contribution in [0.4, 0.5) is 5.69 Å². The van der Waals surface area contributed by atoms with Crippen LogP contribution in [0.15, 0.2) is 54.6 Å². The van der Waals surface area contributed by atoms with Gasteiger partial charge in [0.15, 0.2) is 0 Å². The maximum absolute atomic E-state index is 4.11. The molecule has 2 aromatic carbocycles. The van der Waals surface area contributed by atoms with E-state index < -0.39 is 0 Å². The van der Waals surface area contributed by atoms with Crippen molar-refractivity contribution in [3.05, 3.63) is 54.6 Å². The van der Waals surface area contributed by atoms with Crippen LogP contribution in [0.3, 0.4) is 0 Å². The average molecular weight is 333 g/mol. The fourth-order valence-corrected chi connectivity index (χ4v) is 2.46. The van der Waals surface area contributed by atoms with Crippen LogP contribution in [0.1, 0.15) is 0 Å². The van der Waals surface area contributed by atoms with E-state index in [0.717, 1.165) is 17.1 Å². The average Bonchev–Trinajstić information content (AvgIpc) is 3.31. The van der Waals surface area contributed by atoms with Crippen LogP contribution in [0.5, 0.6) is 0 Å². The van der Waals surface area contributed by atoms with E-state index in [-0.39, 0.29) is 0 Å². The molecule has 0 fully saturated rings. The summed E-state index contributed by atoms with van der Waals surface area (Å²) < 4.78 is 3.22. The smallest absolute Gasteiger partial charge is 0.226 e. The lowest BCUT2D eigenvalue weighted by molar-refractivity contribution is 0.779. The molecule has 0 radical (unpaired) electrons. The van der Waals surface area contributed by atoms with Gasteiger partial charge < -0.3 is 4.90 Å². The topological polar surface area (TPSA) is 90.4 Å². The molecule has 124 valence electrons. The number of tetrazole rings is 2. The van der Waals surface area contributed by atoms with E-state index in [4.69, 9.17) is 0 Å². The van der Waals surface area contributed by atoms with Crippen LogP contribution in [0, 0.1) is 0 Å². The van der Waals surface area contributed by atoms with Crippen LogP contribution < -0.4 is 4.90 Å². The molecule has 0 unspecified atom stereocenters. The Kier molecular flexibility index (Phi) is 3.65. The van der Waals surface area contributed by atoms with E-state index in [2.05, 4.69) is 31.1 Å². The van der Waals surface area contributed by atoms with Gasteiger partial charge in [0.2, 0.25) is 11.6 Å². The Hall–Kier alpha value is -3.62. The second kappa shape index (κ2) is 6.11. The van der Waals surface area contributed by atoms with Crippen molar-refractivity contribution in [1.82, 2.24) is 40.4 Å². The molecule has 9 heteroatoms. The van der Waals surface area contributed by atoms with E-state index in [9.17, 15) is 0 Å². The van der Waals surface area contributed by atoms with Gasteiger partial charge in [-0.25, -0.2) is 0 Å². The van der Waals surface area contributed by atoms with Crippen molar-refractivity contribution in [1.29, 1.82) is 0 Å². The molecule has 0 aliphatic carbocycles. The molecule has 0 aliphatic heterocycles. The van der Waals surface area contributed by atoms with E-state index in [1.165, 1.54) is 0 Å². The summed E-state index contributed by atoms with van der Waals surface area (Å²) in [7, 11) is 3.98. The molecule has 0 spiro atoms. The van der Waals surface area contributed by atoms with Gasteiger partial charge in [0, 0.05) is 19.8 Å². The summed E-state index contributed by atoms with van der Waals surface area (Å²) in [4.78, 5) is 2.03. The number of aromatic nitrogens is 8. The Labute approximate surface area is 143 Å². The third kappa shape index (κ3) is 2.71. The standard InChI is InChI=1S/C16H15N9/c1-23(2)12-8-10-14(11-9-12)25-16(18-20-22-25)15-17-19-21-24(15)13-6-4-3-5-7-13/h3-11H,1-2H3. The first kappa shape index (κ1) is 14.9. The van der Waals surface area contributed by atoms with Gasteiger partial charge in [-0.2, -0.15) is 9.36 Å². The third-order valence-corrected chi connectivity index (χ3v) is 3.75. The number of anilines is 1. The van der Waals surface area contributed by atoms with Gasteiger partial charge in [-0.05, 0) is 57.3 Å². The lowest BCUT2D eigenvalue weighted by Crippen LogP contribution is -2.09. The lowest BCUT2D eigenvalue weighted by Gasteiger charge is -2.12. The highest BCUT2D eigenvalue weighted by atomic mass is 15.6. The molecule has 0 atom stereocenters. The first-order chi connectivity index (χ1) is 12.2. The van der Waals surface area contributed by atoms with Crippen LogP contribution in [0.2, 0.25) is 0 Å². The zero-order chi connectivity index (χ0) is 17.2. The zero-order valence-electron chi connectivity index (χ0n) is 13.7. The molecule has 0 saturated carbocycles. The summed E-state index contributed by atoms with van der Waals surface area (Å²) in [5, 5.41) is 23.9. The van der Waals surface area contributed by atoms with E-state index in [0.29, 0.717) is 11.6 Å². The fraction of sp³-hybridized carbons (Fsp3) is 0.125. The molecule has 9 nitrogen and oxygen atoms in total. The van der Waals surface area contributed by atoms with E-state index in [1.807, 2.05) is 73.6 Å². The van der Waals surface area contributed by atoms with Gasteiger partial charge in [0.25, 0.3) is 0 Å². The van der Waals surface area contributed by atoms with Gasteiger partial charge in [0.05, 0.1) is 11.4 Å². The quantitative estimate of drug-likeness (QED) is 0.557. The highest BCUT2D eigenvalue weighted by Gasteiger charge is 2.19. The fourth-order valence-electron chi connectivity index (χ4n) is 2.46. The second-order valence-electron chi connectivity index (χ2n) is 5.57. The maximum atomic E-state index is 4.11. The molecule has 0 N–H and O–H groups in total. The Balaban J connectivity index is 1.78. The maximum Gasteiger partial charge on any atom is 0.226 e. The van der Waals surface area contributed by atoms with Crippen LogP contribution in [-0.4, -0.2) is 54.5 Å². The SMILES string of the molecule is CN(C)c1ccc(-n2nnnc2-c2nnnn2-c2ccccc2)cc1. The molecule has 2 heterocycles. The summed E-state index contributed by atoms with van der Waals surface area (Å²) in [5.74, 6) is 0.930. The predicted molar refractivity (Wildman–Crippen MR) is 91.6 cm³/mol. The normalized spacial score (nSPS) is 10.8. The Morgan fingerprint density at radius 2 is 1.20 bits per heavy atom. The predicted octanol–water partition coefficient (Wildman–Crippen LogP) is 1.37. The number of hydrogen-bond acceptors (Lipinski definition) is 7. The number of hydrogen-bond donors (Lipinski definition) is 0. The first-order valence-electron chi connectivity index (χ1n) is 7.64. The molecule has 4 rings (SSSR count). The molecule has 0 bridgehead atoms. The number of rotatable bonds is 4. The molecule has 25 heavy (non-hydrogen) atoms. The Morgan fingerprint density at radius 3 is 1.72 bits per heavy atom. The number of benzene rings is 2. The molecular weight excluding hydrogens is 318 g/mol. The van der Waals surface area contributed by atoms with Crippen LogP contribution >= 0.6 is 0 Å². The van der Waals surface area contributed by atoms with Gasteiger partial charge in [-0.1, -0.05) is 18.2 Å². The van der Waals surface area contributed by atoms with Crippen molar-refractivity contribution < 1.29 is 0 Å². The molecule has 4 aromatic rings. The zero-order valence-corrected chi connectivity index (χ0v) is 13.7. The van der Waals surface area contributed by atoms with Crippen molar-refractivity contribution in [3.63, 3.8) is 0 Å². The minimum absolute atomic E-state index is 0.464. The van der Waals surface area contributed by atoms with Gasteiger partial charge in [-0.3, -0.25) is 0 Å². The summed E-state index contributed by atoms with van der Waals surface area (Å²) in [6, 6.07) is 17.5. The van der Waals surface area contributed by atoms with E-state index in [1.54, 1.807) is 9.36 Å². The van der Waals surface area contributed by atoms with Crippen molar-refractivity contribution in [3.8, 4) is 23.0 Å². The summed E-state index contributed by atoms with van der Waals surface area (Å²) >= 11 is 0. The number of nitrogens with zero attached hydrogens (tertiary/aromatic N) is 9. The van der Waals surface area contributed by atoms with Crippen molar-refractivity contribution >= 4 is 5.69 Å². The van der Waals surface area contributed by atoms with Crippen LogP contribution in [0.25, 0.3) is 23.0 Å². The third-order valence-electron chi connectivity index (χ3n) is 3.75. The molecule has 0 aliphatic rings. The second-order valence-corrected chi connectivity index (χ2v) is 5.57. The molecule has 0 saturated heterocycles. The number of para-hydroxylation sites is 1. The van der Waals surface area contributed by atoms with E-state index >= 15 is 0 Å². The largest absolute Gasteiger partial charge is 0.378 e. The summed E-state index contributed by atoms with van der Waals surface area (Å²) in [5.41, 5.74) is 2.75. The van der Waals surface area contributed by atoms with Gasteiger partial charge >= 0.3 is 0 Å². The van der Waals surface area contributed by atoms with Gasteiger partial charge in [-0.15, -0.1) is 10.2 Å². The highest BCUT2D eigenvalue weighted by molar-refractivity contribution is 5.54. The monoisotopic (exact) mass is 333 g/mol. The highest BCUT2D eigenvalue weighted by Crippen LogP contribution is 2.21. The van der Waals surface area contributed by atoms with Crippen molar-refractivity contribution in [2.45, 2.75) is 0 Å². The summed E-state index contributed by atoms with van der Waals surface area (Å²) in [6.45, 7) is 0.